The number of carbonyl (C=O) groups excluding carboxylic acids is 2. The van der Waals surface area contributed by atoms with Gasteiger partial charge in [0, 0.05) is 45.0 Å². The van der Waals surface area contributed by atoms with E-state index in [9.17, 15) is 9.59 Å². The highest BCUT2D eigenvalue weighted by molar-refractivity contribution is 6.09. The fourth-order valence-corrected chi connectivity index (χ4v) is 7.95. The fraction of sp³-hybridized carbons (Fsp3) is 0.222. The van der Waals surface area contributed by atoms with Crippen molar-refractivity contribution in [1.29, 1.82) is 0 Å². The van der Waals surface area contributed by atoms with Crippen LogP contribution in [-0.4, -0.2) is 39.4 Å². The van der Waals surface area contributed by atoms with Gasteiger partial charge in [0.2, 0.25) is 17.7 Å². The number of carbonyl (C=O) groups is 2. The van der Waals surface area contributed by atoms with E-state index in [2.05, 4.69) is 33.8 Å². The molecule has 1 amide bonds. The summed E-state index contributed by atoms with van der Waals surface area (Å²) in [5.74, 6) is 1.43. The highest BCUT2D eigenvalue weighted by Crippen LogP contribution is 2.61. The smallest absolute Gasteiger partial charge is 0.250 e. The van der Waals surface area contributed by atoms with Crippen LogP contribution in [0.2, 0.25) is 0 Å². The van der Waals surface area contributed by atoms with E-state index in [-0.39, 0.29) is 29.3 Å². The SMILES string of the molecule is CC(C)[C@@H]1NC(=O)[C@@H](N)Cc2ccc3c(c2)C24c5cccc(c5NC2O3)-c2cccc3[nH]cc(c23)-c2oc(nc2C=O)-c2nc1oc24. The Morgan fingerprint density at radius 2 is 1.85 bits per heavy atom. The number of ether oxygens (including phenoxy) is 1. The van der Waals surface area contributed by atoms with Gasteiger partial charge in [-0.3, -0.25) is 9.59 Å². The number of nitrogens with one attached hydrogen (secondary N) is 3. The first-order valence-corrected chi connectivity index (χ1v) is 15.7. The number of amides is 1. The number of hydrogen-bond donors (Lipinski definition) is 4. The predicted molar refractivity (Wildman–Crippen MR) is 172 cm³/mol. The van der Waals surface area contributed by atoms with Crippen LogP contribution in [0.3, 0.4) is 0 Å². The molecule has 3 aromatic heterocycles. The van der Waals surface area contributed by atoms with E-state index in [4.69, 9.17) is 29.3 Å². The average molecular weight is 625 g/mol. The first-order chi connectivity index (χ1) is 22.9. The molecule has 10 rings (SSSR count). The topological polar surface area (TPSA) is 161 Å². The lowest BCUT2D eigenvalue weighted by atomic mass is 9.72. The van der Waals surface area contributed by atoms with E-state index in [0.29, 0.717) is 41.2 Å². The van der Waals surface area contributed by atoms with Crippen LogP contribution in [0.4, 0.5) is 5.69 Å². The number of oxazole rings is 2. The van der Waals surface area contributed by atoms with Crippen molar-refractivity contribution < 1.29 is 23.2 Å². The van der Waals surface area contributed by atoms with Crippen molar-refractivity contribution in [3.05, 3.63) is 94.8 Å². The summed E-state index contributed by atoms with van der Waals surface area (Å²) in [5.41, 5.74) is 13.0. The number of fused-ring (bicyclic) bond motifs is 7. The van der Waals surface area contributed by atoms with Crippen molar-refractivity contribution in [2.45, 2.75) is 44.0 Å². The Morgan fingerprint density at radius 3 is 2.70 bits per heavy atom. The summed E-state index contributed by atoms with van der Waals surface area (Å²) in [5, 5.41) is 7.73. The minimum atomic E-state index is -1.05. The Labute approximate surface area is 267 Å². The number of aromatic amines is 1. The maximum Gasteiger partial charge on any atom is 0.250 e. The lowest BCUT2D eigenvalue weighted by molar-refractivity contribution is -0.123. The molecule has 11 nitrogen and oxygen atoms in total. The molecule has 0 aliphatic carbocycles. The molecule has 0 saturated heterocycles. The van der Waals surface area contributed by atoms with Crippen molar-refractivity contribution >= 4 is 28.8 Å². The zero-order valence-electron chi connectivity index (χ0n) is 25.4. The summed E-state index contributed by atoms with van der Waals surface area (Å²) in [7, 11) is 0. The second kappa shape index (κ2) is 8.98. The van der Waals surface area contributed by atoms with E-state index in [1.807, 2.05) is 56.4 Å². The molecule has 0 radical (unpaired) electrons. The maximum absolute atomic E-state index is 13.4. The van der Waals surface area contributed by atoms with Crippen LogP contribution in [-0.2, 0) is 16.6 Å². The van der Waals surface area contributed by atoms with E-state index in [0.717, 1.165) is 44.4 Å². The van der Waals surface area contributed by atoms with Gasteiger partial charge in [0.25, 0.3) is 0 Å². The second-order valence-corrected chi connectivity index (χ2v) is 13.1. The standard InChI is InChI=1S/C36H28N6O5/c1-15(2)27-33-41-29-31(47-33)36-20-7-3-6-18(17-5-4-8-23-26(17)19(13-38-23)30-24(14-43)39-34(29)46-30)28(20)42-35(36)45-25-10-9-16(11-21(25)36)12-22(37)32(44)40-27/h3-11,13-15,22,27,35,38,42H,12,37H2,1-2H3,(H,40,44)/t22-,27-,35?,36?/m0/s1. The number of para-hydroxylation sites is 1. The number of nitrogens with two attached hydrogens (primary N) is 1. The van der Waals surface area contributed by atoms with Crippen molar-refractivity contribution in [2.24, 2.45) is 11.7 Å². The number of benzene rings is 3. The molecule has 10 bridgehead atoms. The predicted octanol–water partition coefficient (Wildman–Crippen LogP) is 5.45. The molecule has 2 unspecified atom stereocenters. The maximum atomic E-state index is 13.4. The third kappa shape index (κ3) is 3.28. The van der Waals surface area contributed by atoms with E-state index < -0.39 is 23.7 Å². The summed E-state index contributed by atoms with van der Waals surface area (Å²) in [4.78, 5) is 39.1. The van der Waals surface area contributed by atoms with E-state index in [1.54, 1.807) is 0 Å². The zero-order chi connectivity index (χ0) is 31.8. The molecule has 11 heteroatoms. The van der Waals surface area contributed by atoms with Crippen LogP contribution in [0.25, 0.3) is 44.9 Å². The molecule has 3 aromatic carbocycles. The molecule has 6 aromatic rings. The summed E-state index contributed by atoms with van der Waals surface area (Å²) in [6.07, 6.45) is 2.23. The molecule has 0 fully saturated rings. The Bertz CT molecular complexity index is 2350. The molecule has 0 saturated carbocycles. The van der Waals surface area contributed by atoms with Crippen molar-refractivity contribution in [2.75, 3.05) is 5.32 Å². The molecule has 47 heavy (non-hydrogen) atoms. The quantitative estimate of drug-likeness (QED) is 0.184. The molecular weight excluding hydrogens is 596 g/mol. The van der Waals surface area contributed by atoms with Crippen LogP contribution in [0.5, 0.6) is 5.75 Å². The van der Waals surface area contributed by atoms with Gasteiger partial charge in [-0.15, -0.1) is 0 Å². The van der Waals surface area contributed by atoms with Gasteiger partial charge in [0.05, 0.1) is 6.04 Å². The van der Waals surface area contributed by atoms with Crippen LogP contribution >= 0.6 is 0 Å². The molecule has 1 spiro atoms. The largest absolute Gasteiger partial charge is 0.469 e. The van der Waals surface area contributed by atoms with Gasteiger partial charge in [-0.05, 0) is 35.6 Å². The van der Waals surface area contributed by atoms with Crippen molar-refractivity contribution in [3.63, 3.8) is 0 Å². The molecule has 4 atom stereocenters. The number of H-pyrrole nitrogens is 1. The Balaban J connectivity index is 1.40. The first kappa shape index (κ1) is 26.5. The Morgan fingerprint density at radius 1 is 1.00 bits per heavy atom. The molecule has 4 aliphatic heterocycles. The van der Waals surface area contributed by atoms with Crippen molar-refractivity contribution in [3.8, 4) is 39.8 Å². The Hall–Kier alpha value is -5.68. The number of aromatic nitrogens is 3. The summed E-state index contributed by atoms with van der Waals surface area (Å²) in [6, 6.07) is 16.8. The van der Waals surface area contributed by atoms with Crippen molar-refractivity contribution in [1.82, 2.24) is 20.3 Å². The monoisotopic (exact) mass is 624 g/mol. The van der Waals surface area contributed by atoms with Gasteiger partial charge in [-0.1, -0.05) is 56.3 Å². The van der Waals surface area contributed by atoms with Crippen LogP contribution in [0, 0.1) is 5.92 Å². The van der Waals surface area contributed by atoms with Crippen LogP contribution < -0.4 is 21.1 Å². The molecule has 4 aliphatic rings. The number of rotatable bonds is 2. The van der Waals surface area contributed by atoms with Gasteiger partial charge in [-0.25, -0.2) is 9.97 Å². The first-order valence-electron chi connectivity index (χ1n) is 15.7. The zero-order valence-corrected chi connectivity index (χ0v) is 25.4. The number of aldehydes is 1. The van der Waals surface area contributed by atoms with Crippen LogP contribution in [0.15, 0.2) is 69.6 Å². The summed E-state index contributed by atoms with van der Waals surface area (Å²) in [6.45, 7) is 3.96. The lowest BCUT2D eigenvalue weighted by Crippen LogP contribution is -2.45. The highest BCUT2D eigenvalue weighted by atomic mass is 16.5. The molecule has 5 N–H and O–H groups in total. The number of nitrogens with zero attached hydrogens (tertiary/aromatic N) is 2. The minimum Gasteiger partial charge on any atom is -0.469 e. The third-order valence-electron chi connectivity index (χ3n) is 10.1. The summed E-state index contributed by atoms with van der Waals surface area (Å²) < 4.78 is 20.2. The van der Waals surface area contributed by atoms with Gasteiger partial charge < -0.3 is 34.9 Å². The third-order valence-corrected chi connectivity index (χ3v) is 10.1. The molecular formula is C36H28N6O5. The number of anilines is 1. The van der Waals surface area contributed by atoms with E-state index >= 15 is 0 Å². The minimum absolute atomic E-state index is 0.106. The average Bonchev–Trinajstić information content (AvgIpc) is 3.88. The lowest BCUT2D eigenvalue weighted by Gasteiger charge is -2.28. The van der Waals surface area contributed by atoms with Gasteiger partial charge >= 0.3 is 0 Å². The van der Waals surface area contributed by atoms with Gasteiger partial charge in [-0.2, -0.15) is 0 Å². The van der Waals surface area contributed by atoms with Gasteiger partial charge in [0.1, 0.15) is 17.2 Å². The highest BCUT2D eigenvalue weighted by Gasteiger charge is 2.61. The molecule has 7 heterocycles. The number of hydrogen-bond acceptors (Lipinski definition) is 9. The fourth-order valence-electron chi connectivity index (χ4n) is 7.95. The molecule has 232 valence electrons. The normalized spacial score (nSPS) is 23.0. The van der Waals surface area contributed by atoms with Crippen LogP contribution in [0.1, 0.15) is 58.7 Å². The summed E-state index contributed by atoms with van der Waals surface area (Å²) >= 11 is 0. The second-order valence-electron chi connectivity index (χ2n) is 13.1. The van der Waals surface area contributed by atoms with E-state index in [1.165, 1.54) is 0 Å². The van der Waals surface area contributed by atoms with Gasteiger partial charge in [0.15, 0.2) is 35.4 Å². The Kier molecular flexibility index (Phi) is 5.07.